The molecule has 0 radical (unpaired) electrons. The number of rotatable bonds is 4. The lowest BCUT2D eigenvalue weighted by molar-refractivity contribution is -0.146. The van der Waals surface area contributed by atoms with Gasteiger partial charge in [-0.05, 0) is 37.5 Å². The van der Waals surface area contributed by atoms with Crippen LogP contribution >= 0.6 is 0 Å². The molecule has 0 heterocycles. The highest BCUT2D eigenvalue weighted by Gasteiger charge is 2.40. The molecule has 3 N–H and O–H groups in total. The number of aliphatic hydroxyl groups excluding tert-OH is 1. The van der Waals surface area contributed by atoms with E-state index in [-0.39, 0.29) is 12.2 Å². The minimum Gasteiger partial charge on any atom is -0.508 e. The van der Waals surface area contributed by atoms with Crippen LogP contribution in [0.4, 0.5) is 0 Å². The van der Waals surface area contributed by atoms with E-state index >= 15 is 0 Å². The van der Waals surface area contributed by atoms with Gasteiger partial charge in [-0.25, -0.2) is 0 Å². The van der Waals surface area contributed by atoms with E-state index in [9.17, 15) is 20.1 Å². The summed E-state index contributed by atoms with van der Waals surface area (Å²) in [5.74, 6) is -2.24. The summed E-state index contributed by atoms with van der Waals surface area (Å²) in [6, 6.07) is 7.86. The molecule has 106 valence electrons. The third-order valence-corrected chi connectivity index (χ3v) is 3.60. The topological polar surface area (TPSA) is 77.8 Å². The number of hydrogen-bond donors (Lipinski definition) is 3. The molecular weight excluding hydrogens is 256 g/mol. The Bertz CT molecular complexity index is 556. The zero-order valence-electron chi connectivity index (χ0n) is 11.3. The summed E-state index contributed by atoms with van der Waals surface area (Å²) in [5.41, 5.74) is 0.611. The number of hydrogen-bond acceptors (Lipinski definition) is 3. The second-order valence-electron chi connectivity index (χ2n) is 5.22. The van der Waals surface area contributed by atoms with Gasteiger partial charge >= 0.3 is 5.97 Å². The van der Waals surface area contributed by atoms with Crippen molar-refractivity contribution in [2.45, 2.75) is 25.4 Å². The number of carbonyl (C=O) groups is 1. The summed E-state index contributed by atoms with van der Waals surface area (Å²) in [6.07, 6.45) is 4.63. The molecule has 4 nitrogen and oxygen atoms in total. The number of carboxylic acid groups (broad SMARTS) is 1. The summed E-state index contributed by atoms with van der Waals surface area (Å²) in [5, 5.41) is 29.2. The zero-order chi connectivity index (χ0) is 14.8. The summed E-state index contributed by atoms with van der Waals surface area (Å²) in [6.45, 7) is 1.99. The number of aliphatic carboxylic acids is 1. The van der Waals surface area contributed by atoms with Crippen LogP contribution in [0.15, 0.2) is 48.3 Å². The van der Waals surface area contributed by atoms with Gasteiger partial charge in [0, 0.05) is 0 Å². The van der Waals surface area contributed by atoms with Crippen LogP contribution in [-0.4, -0.2) is 26.9 Å². The fourth-order valence-corrected chi connectivity index (χ4v) is 2.38. The maximum absolute atomic E-state index is 11.2. The average molecular weight is 274 g/mol. The highest BCUT2D eigenvalue weighted by molar-refractivity contribution is 5.75. The lowest BCUT2D eigenvalue weighted by Gasteiger charge is -2.31. The molecule has 0 amide bonds. The predicted molar refractivity (Wildman–Crippen MR) is 75.4 cm³/mol. The molecule has 4 heteroatoms. The van der Waals surface area contributed by atoms with Crippen LogP contribution < -0.4 is 0 Å². The SMILES string of the molecule is Cc1ccc(CCC2(O)C=C(O)C=CC2C(=O)O)cc1. The highest BCUT2D eigenvalue weighted by Crippen LogP contribution is 2.31. The van der Waals surface area contributed by atoms with Gasteiger partial charge in [-0.2, -0.15) is 0 Å². The molecule has 0 aliphatic heterocycles. The van der Waals surface area contributed by atoms with E-state index in [2.05, 4.69) is 0 Å². The van der Waals surface area contributed by atoms with Crippen LogP contribution in [0.1, 0.15) is 17.5 Å². The van der Waals surface area contributed by atoms with Crippen molar-refractivity contribution in [1.29, 1.82) is 0 Å². The maximum Gasteiger partial charge on any atom is 0.313 e. The quantitative estimate of drug-likeness (QED) is 0.787. The van der Waals surface area contributed by atoms with Gasteiger partial charge in [0.2, 0.25) is 0 Å². The standard InChI is InChI=1S/C16H18O4/c1-11-2-4-12(5-3-11)8-9-16(20)10-13(17)6-7-14(16)15(18)19/h2-7,10,14,17,20H,8-9H2,1H3,(H,18,19). The Kier molecular flexibility index (Phi) is 3.95. The molecule has 0 saturated carbocycles. The number of aliphatic hydroxyl groups is 2. The molecule has 1 aliphatic carbocycles. The van der Waals surface area contributed by atoms with Gasteiger partial charge < -0.3 is 15.3 Å². The van der Waals surface area contributed by atoms with E-state index in [1.165, 1.54) is 18.2 Å². The van der Waals surface area contributed by atoms with E-state index in [1.54, 1.807) is 0 Å². The van der Waals surface area contributed by atoms with Crippen molar-refractivity contribution >= 4 is 5.97 Å². The first-order valence-electron chi connectivity index (χ1n) is 6.51. The van der Waals surface area contributed by atoms with Crippen molar-refractivity contribution in [3.63, 3.8) is 0 Å². The highest BCUT2D eigenvalue weighted by atomic mass is 16.4. The van der Waals surface area contributed by atoms with Crippen molar-refractivity contribution in [3.8, 4) is 0 Å². The van der Waals surface area contributed by atoms with Crippen LogP contribution in [0.5, 0.6) is 0 Å². The van der Waals surface area contributed by atoms with Crippen molar-refractivity contribution < 1.29 is 20.1 Å². The van der Waals surface area contributed by atoms with Gasteiger partial charge in [-0.3, -0.25) is 4.79 Å². The second-order valence-corrected chi connectivity index (χ2v) is 5.22. The molecule has 0 saturated heterocycles. The van der Waals surface area contributed by atoms with Crippen molar-refractivity contribution in [3.05, 3.63) is 59.4 Å². The average Bonchev–Trinajstić information content (AvgIpc) is 2.37. The summed E-state index contributed by atoms with van der Waals surface area (Å²) in [4.78, 5) is 11.2. The first-order chi connectivity index (χ1) is 9.40. The number of aryl methyl sites for hydroxylation is 2. The van der Waals surface area contributed by atoms with Crippen molar-refractivity contribution in [1.82, 2.24) is 0 Å². The third kappa shape index (κ3) is 3.08. The third-order valence-electron chi connectivity index (χ3n) is 3.60. The fraction of sp³-hybridized carbons (Fsp3) is 0.312. The van der Waals surface area contributed by atoms with Crippen molar-refractivity contribution in [2.24, 2.45) is 5.92 Å². The van der Waals surface area contributed by atoms with Gasteiger partial charge in [-0.15, -0.1) is 0 Å². The predicted octanol–water partition coefficient (Wildman–Crippen LogP) is 2.37. The first-order valence-corrected chi connectivity index (χ1v) is 6.51. The Morgan fingerprint density at radius 3 is 2.55 bits per heavy atom. The van der Waals surface area contributed by atoms with Crippen LogP contribution in [0.3, 0.4) is 0 Å². The van der Waals surface area contributed by atoms with E-state index < -0.39 is 17.5 Å². The molecule has 1 aromatic rings. The zero-order valence-corrected chi connectivity index (χ0v) is 11.3. The van der Waals surface area contributed by atoms with Gasteiger partial charge in [0.15, 0.2) is 0 Å². The van der Waals surface area contributed by atoms with Gasteiger partial charge in [0.1, 0.15) is 17.3 Å². The van der Waals surface area contributed by atoms with E-state index in [4.69, 9.17) is 0 Å². The molecule has 1 aromatic carbocycles. The second kappa shape index (κ2) is 5.51. The van der Waals surface area contributed by atoms with E-state index in [0.29, 0.717) is 6.42 Å². The summed E-state index contributed by atoms with van der Waals surface area (Å²) in [7, 11) is 0. The number of benzene rings is 1. The Labute approximate surface area is 117 Å². The lowest BCUT2D eigenvalue weighted by Crippen LogP contribution is -2.41. The molecule has 0 fully saturated rings. The molecule has 2 unspecified atom stereocenters. The molecule has 1 aliphatic rings. The normalized spacial score (nSPS) is 25.3. The minimum atomic E-state index is -1.56. The monoisotopic (exact) mass is 274 g/mol. The van der Waals surface area contributed by atoms with Gasteiger partial charge in [0.05, 0.1) is 0 Å². The molecule has 0 spiro atoms. The van der Waals surface area contributed by atoms with Crippen LogP contribution in [0.2, 0.25) is 0 Å². The first kappa shape index (κ1) is 14.3. The largest absolute Gasteiger partial charge is 0.508 e. The molecular formula is C16H18O4. The van der Waals surface area contributed by atoms with Gasteiger partial charge in [0.25, 0.3) is 0 Å². The van der Waals surface area contributed by atoms with Crippen LogP contribution in [0.25, 0.3) is 0 Å². The van der Waals surface area contributed by atoms with E-state index in [0.717, 1.165) is 11.1 Å². The Morgan fingerprint density at radius 1 is 1.30 bits per heavy atom. The van der Waals surface area contributed by atoms with Crippen LogP contribution in [-0.2, 0) is 11.2 Å². The summed E-state index contributed by atoms with van der Waals surface area (Å²) >= 11 is 0. The smallest absolute Gasteiger partial charge is 0.313 e. The van der Waals surface area contributed by atoms with Gasteiger partial charge in [-0.1, -0.05) is 35.9 Å². The lowest BCUT2D eigenvalue weighted by atomic mass is 9.79. The molecule has 2 atom stereocenters. The summed E-state index contributed by atoms with van der Waals surface area (Å²) < 4.78 is 0. The molecule has 20 heavy (non-hydrogen) atoms. The van der Waals surface area contributed by atoms with Crippen molar-refractivity contribution in [2.75, 3.05) is 0 Å². The Hall–Kier alpha value is -2.07. The molecule has 0 aromatic heterocycles. The number of allylic oxidation sites excluding steroid dienone is 1. The van der Waals surface area contributed by atoms with E-state index in [1.807, 2.05) is 31.2 Å². The minimum absolute atomic E-state index is 0.103. The maximum atomic E-state index is 11.2. The Balaban J connectivity index is 2.14. The fourth-order valence-electron chi connectivity index (χ4n) is 2.38. The molecule has 0 bridgehead atoms. The number of carboxylic acids is 1. The molecule has 2 rings (SSSR count). The Morgan fingerprint density at radius 2 is 1.95 bits per heavy atom. The van der Waals surface area contributed by atoms with Crippen LogP contribution in [0, 0.1) is 12.8 Å².